The van der Waals surface area contributed by atoms with Crippen molar-refractivity contribution < 1.29 is 14.3 Å². The summed E-state index contributed by atoms with van der Waals surface area (Å²) in [5.41, 5.74) is 2.73. The molecular formula is C18H20N4O3. The number of ketones is 1. The van der Waals surface area contributed by atoms with Crippen LogP contribution in [-0.2, 0) is 17.8 Å². The van der Waals surface area contributed by atoms with E-state index in [1.807, 2.05) is 6.07 Å². The van der Waals surface area contributed by atoms with Gasteiger partial charge in [-0.1, -0.05) is 6.07 Å². The summed E-state index contributed by atoms with van der Waals surface area (Å²) in [6, 6.07) is 5.32. The van der Waals surface area contributed by atoms with Crippen molar-refractivity contribution >= 4 is 11.7 Å². The maximum Gasteiger partial charge on any atom is 0.274 e. The van der Waals surface area contributed by atoms with Crippen LogP contribution in [0, 0.1) is 5.92 Å². The summed E-state index contributed by atoms with van der Waals surface area (Å²) < 4.78 is 5.46. The van der Waals surface area contributed by atoms with E-state index in [1.54, 1.807) is 23.2 Å². The maximum absolute atomic E-state index is 12.9. The molecule has 0 bridgehead atoms. The lowest BCUT2D eigenvalue weighted by atomic mass is 9.91. The Balaban J connectivity index is 1.50. The van der Waals surface area contributed by atoms with E-state index in [9.17, 15) is 9.59 Å². The van der Waals surface area contributed by atoms with Gasteiger partial charge in [0.25, 0.3) is 5.91 Å². The predicted octanol–water partition coefficient (Wildman–Crippen LogP) is 1.61. The molecule has 0 aliphatic carbocycles. The first-order valence-electron chi connectivity index (χ1n) is 8.62. The average Bonchev–Trinajstić information content (AvgIpc) is 3.12. The van der Waals surface area contributed by atoms with Gasteiger partial charge >= 0.3 is 0 Å². The number of hydrogen-bond acceptors (Lipinski definition) is 5. The maximum atomic E-state index is 12.9. The fourth-order valence-corrected chi connectivity index (χ4v) is 3.53. The van der Waals surface area contributed by atoms with Crippen molar-refractivity contribution in [2.75, 3.05) is 19.7 Å². The van der Waals surface area contributed by atoms with Crippen LogP contribution in [-0.4, -0.2) is 51.5 Å². The van der Waals surface area contributed by atoms with Gasteiger partial charge in [-0.05, 0) is 25.0 Å². The van der Waals surface area contributed by atoms with Gasteiger partial charge in [0, 0.05) is 42.9 Å². The van der Waals surface area contributed by atoms with E-state index in [1.165, 1.54) is 0 Å². The van der Waals surface area contributed by atoms with Crippen molar-refractivity contribution in [1.82, 2.24) is 20.1 Å². The fourth-order valence-electron chi connectivity index (χ4n) is 3.53. The first-order chi connectivity index (χ1) is 12.2. The first-order valence-corrected chi connectivity index (χ1v) is 8.62. The van der Waals surface area contributed by atoms with Gasteiger partial charge in [-0.3, -0.25) is 19.7 Å². The van der Waals surface area contributed by atoms with Gasteiger partial charge < -0.3 is 9.64 Å². The molecule has 0 aromatic carbocycles. The zero-order chi connectivity index (χ0) is 17.2. The van der Waals surface area contributed by atoms with Crippen molar-refractivity contribution in [2.45, 2.75) is 25.9 Å². The van der Waals surface area contributed by atoms with Crippen molar-refractivity contribution in [1.29, 1.82) is 0 Å². The van der Waals surface area contributed by atoms with E-state index in [0.717, 1.165) is 30.5 Å². The Morgan fingerprint density at radius 1 is 1.32 bits per heavy atom. The molecule has 130 valence electrons. The molecule has 1 saturated heterocycles. The standard InChI is InChI=1S/C18H20N4O3/c23-17(15-5-1-2-7-19-15)12-4-3-8-22(10-12)18(24)16-13-11-25-9-6-14(13)20-21-16/h1-2,5,7,12H,3-4,6,8-11H2,(H,20,21). The zero-order valence-electron chi connectivity index (χ0n) is 13.9. The van der Waals surface area contributed by atoms with E-state index < -0.39 is 0 Å². The van der Waals surface area contributed by atoms with Gasteiger partial charge in [-0.2, -0.15) is 5.10 Å². The lowest BCUT2D eigenvalue weighted by Gasteiger charge is -2.31. The summed E-state index contributed by atoms with van der Waals surface area (Å²) in [5.74, 6) is -0.328. The lowest BCUT2D eigenvalue weighted by Crippen LogP contribution is -2.43. The summed E-state index contributed by atoms with van der Waals surface area (Å²) in [5, 5.41) is 7.16. The Kier molecular flexibility index (Phi) is 4.31. The molecule has 2 aliphatic rings. The number of nitrogens with one attached hydrogen (secondary N) is 1. The summed E-state index contributed by atoms with van der Waals surface area (Å²) in [6.07, 6.45) is 3.95. The van der Waals surface area contributed by atoms with Crippen molar-refractivity contribution in [3.05, 3.63) is 47.0 Å². The number of aromatic amines is 1. The van der Waals surface area contributed by atoms with Crippen LogP contribution >= 0.6 is 0 Å². The highest BCUT2D eigenvalue weighted by Gasteiger charge is 2.32. The topological polar surface area (TPSA) is 88.2 Å². The second-order valence-corrected chi connectivity index (χ2v) is 6.50. The summed E-state index contributed by atoms with van der Waals surface area (Å²) in [7, 11) is 0. The number of nitrogens with zero attached hydrogens (tertiary/aromatic N) is 3. The van der Waals surface area contributed by atoms with Gasteiger partial charge in [0.15, 0.2) is 11.5 Å². The molecule has 0 saturated carbocycles. The second kappa shape index (κ2) is 6.76. The van der Waals surface area contributed by atoms with Crippen LogP contribution in [0.25, 0.3) is 0 Å². The van der Waals surface area contributed by atoms with Crippen LogP contribution in [0.5, 0.6) is 0 Å². The molecule has 7 heteroatoms. The average molecular weight is 340 g/mol. The SMILES string of the molecule is O=C(c1ccccn1)C1CCCN(C(=O)c2n[nH]c3c2COCC3)C1. The second-order valence-electron chi connectivity index (χ2n) is 6.50. The van der Waals surface area contributed by atoms with E-state index in [-0.39, 0.29) is 17.6 Å². The fraction of sp³-hybridized carbons (Fsp3) is 0.444. The number of carbonyl (C=O) groups excluding carboxylic acids is 2. The number of aromatic nitrogens is 3. The Labute approximate surface area is 145 Å². The number of likely N-dealkylation sites (tertiary alicyclic amines) is 1. The molecule has 0 radical (unpaired) electrons. The van der Waals surface area contributed by atoms with Crippen LogP contribution < -0.4 is 0 Å². The first kappa shape index (κ1) is 16.0. The molecule has 7 nitrogen and oxygen atoms in total. The molecule has 2 aromatic rings. The number of pyridine rings is 1. The molecule has 4 rings (SSSR count). The number of rotatable bonds is 3. The third-order valence-electron chi connectivity index (χ3n) is 4.89. The van der Waals surface area contributed by atoms with Crippen LogP contribution in [0.1, 0.15) is 45.1 Å². The molecule has 1 fully saturated rings. The summed E-state index contributed by atoms with van der Waals surface area (Å²) in [4.78, 5) is 31.4. The third kappa shape index (κ3) is 3.07. The molecule has 2 aromatic heterocycles. The van der Waals surface area contributed by atoms with Gasteiger partial charge in [0.2, 0.25) is 0 Å². The number of ether oxygens (including phenoxy) is 1. The number of Topliss-reactive ketones (excluding diaryl/α,β-unsaturated/α-hetero) is 1. The van der Waals surface area contributed by atoms with Gasteiger partial charge in [0.1, 0.15) is 5.69 Å². The molecule has 4 heterocycles. The van der Waals surface area contributed by atoms with E-state index in [0.29, 0.717) is 37.7 Å². The number of amides is 1. The Bertz CT molecular complexity index is 787. The van der Waals surface area contributed by atoms with Crippen LogP contribution in [0.3, 0.4) is 0 Å². The predicted molar refractivity (Wildman–Crippen MR) is 89.1 cm³/mol. The minimum absolute atomic E-state index is 0.00508. The van der Waals surface area contributed by atoms with Crippen molar-refractivity contribution in [3.8, 4) is 0 Å². The number of carbonyl (C=O) groups is 2. The number of fused-ring (bicyclic) bond motifs is 1. The van der Waals surface area contributed by atoms with Crippen LogP contribution in [0.4, 0.5) is 0 Å². The number of H-pyrrole nitrogens is 1. The number of hydrogen-bond donors (Lipinski definition) is 1. The number of piperidine rings is 1. The quantitative estimate of drug-likeness (QED) is 0.858. The van der Waals surface area contributed by atoms with Crippen LogP contribution in [0.2, 0.25) is 0 Å². The monoisotopic (exact) mass is 340 g/mol. The van der Waals surface area contributed by atoms with E-state index >= 15 is 0 Å². The minimum Gasteiger partial charge on any atom is -0.376 e. The highest BCUT2D eigenvalue weighted by atomic mass is 16.5. The third-order valence-corrected chi connectivity index (χ3v) is 4.89. The Morgan fingerprint density at radius 2 is 2.24 bits per heavy atom. The highest BCUT2D eigenvalue weighted by molar-refractivity contribution is 5.98. The molecule has 2 aliphatic heterocycles. The molecule has 1 amide bonds. The van der Waals surface area contributed by atoms with Gasteiger partial charge in [-0.15, -0.1) is 0 Å². The summed E-state index contributed by atoms with van der Waals surface area (Å²) in [6.45, 7) is 2.12. The Morgan fingerprint density at radius 3 is 3.08 bits per heavy atom. The summed E-state index contributed by atoms with van der Waals surface area (Å²) >= 11 is 0. The largest absolute Gasteiger partial charge is 0.376 e. The molecular weight excluding hydrogens is 320 g/mol. The van der Waals surface area contributed by atoms with Gasteiger partial charge in [0.05, 0.1) is 13.2 Å². The van der Waals surface area contributed by atoms with Crippen LogP contribution in [0.15, 0.2) is 24.4 Å². The van der Waals surface area contributed by atoms with Crippen molar-refractivity contribution in [3.63, 3.8) is 0 Å². The minimum atomic E-state index is -0.210. The normalized spacial score (nSPS) is 20.2. The Hall–Kier alpha value is -2.54. The smallest absolute Gasteiger partial charge is 0.274 e. The van der Waals surface area contributed by atoms with Gasteiger partial charge in [-0.25, -0.2) is 0 Å². The van der Waals surface area contributed by atoms with E-state index in [4.69, 9.17) is 4.74 Å². The van der Waals surface area contributed by atoms with Crippen molar-refractivity contribution in [2.24, 2.45) is 5.92 Å². The molecule has 1 unspecified atom stereocenters. The molecule has 1 atom stereocenters. The molecule has 0 spiro atoms. The zero-order valence-corrected chi connectivity index (χ0v) is 13.9. The molecule has 1 N–H and O–H groups in total. The lowest BCUT2D eigenvalue weighted by molar-refractivity contribution is 0.0622. The molecule has 25 heavy (non-hydrogen) atoms. The van der Waals surface area contributed by atoms with E-state index in [2.05, 4.69) is 15.2 Å². The highest BCUT2D eigenvalue weighted by Crippen LogP contribution is 2.24.